The largest absolute Gasteiger partial charge is 0.391 e. The maximum atomic E-state index is 12.8. The highest BCUT2D eigenvalue weighted by molar-refractivity contribution is 5.97. The number of aromatic amines is 1. The molecule has 1 amide bonds. The van der Waals surface area contributed by atoms with Crippen molar-refractivity contribution in [2.45, 2.75) is 50.7 Å². The van der Waals surface area contributed by atoms with E-state index in [1.807, 2.05) is 6.07 Å². The zero-order valence-corrected chi connectivity index (χ0v) is 17.0. The number of nitrogens with one attached hydrogen (secondary N) is 1. The van der Waals surface area contributed by atoms with Crippen molar-refractivity contribution in [2.24, 2.45) is 0 Å². The van der Waals surface area contributed by atoms with E-state index in [2.05, 4.69) is 26.9 Å². The molecule has 5 rings (SSSR count). The number of hydrogen-bond acceptors (Lipinski definition) is 5. The van der Waals surface area contributed by atoms with E-state index in [0.717, 1.165) is 61.9 Å². The lowest BCUT2D eigenvalue weighted by atomic mass is 10.1. The van der Waals surface area contributed by atoms with Crippen molar-refractivity contribution in [3.05, 3.63) is 23.9 Å². The summed E-state index contributed by atoms with van der Waals surface area (Å²) < 4.78 is 0. The van der Waals surface area contributed by atoms with E-state index in [4.69, 9.17) is 4.98 Å². The summed E-state index contributed by atoms with van der Waals surface area (Å²) in [5, 5.41) is 10.8. The first-order valence-corrected chi connectivity index (χ1v) is 11.1. The highest BCUT2D eigenvalue weighted by Gasteiger charge is 2.27. The standard InChI is InChI=1S/C22H31N5O2/c28-18-6-3-9-27(15-18)22(29)19-14-16-7-8-20(24-21(16)23-19)26-12-10-25(11-13-26)17-4-1-2-5-17/h7-8,14,17-18,28H,1-6,9-13,15H2,(H,23,24). The van der Waals surface area contributed by atoms with Gasteiger partial charge in [0.1, 0.15) is 17.2 Å². The van der Waals surface area contributed by atoms with Gasteiger partial charge in [-0.25, -0.2) is 4.98 Å². The third kappa shape index (κ3) is 3.85. The number of rotatable bonds is 3. The van der Waals surface area contributed by atoms with Crippen LogP contribution in [-0.4, -0.2) is 82.2 Å². The Hall–Kier alpha value is -2.12. The predicted molar refractivity (Wildman–Crippen MR) is 113 cm³/mol. The molecule has 7 nitrogen and oxygen atoms in total. The number of piperidine rings is 1. The van der Waals surface area contributed by atoms with Gasteiger partial charge >= 0.3 is 0 Å². The molecule has 0 aromatic carbocycles. The summed E-state index contributed by atoms with van der Waals surface area (Å²) in [6.07, 6.45) is 6.69. The molecule has 2 aromatic rings. The number of nitrogens with zero attached hydrogens (tertiary/aromatic N) is 4. The second-order valence-corrected chi connectivity index (χ2v) is 8.80. The first kappa shape index (κ1) is 18.9. The Morgan fingerprint density at radius 2 is 1.83 bits per heavy atom. The number of carbonyl (C=O) groups excluding carboxylic acids is 1. The van der Waals surface area contributed by atoms with Gasteiger partial charge in [0.25, 0.3) is 5.91 Å². The van der Waals surface area contributed by atoms with E-state index < -0.39 is 6.10 Å². The van der Waals surface area contributed by atoms with Crippen LogP contribution < -0.4 is 4.90 Å². The van der Waals surface area contributed by atoms with Crippen LogP contribution >= 0.6 is 0 Å². The van der Waals surface area contributed by atoms with Crippen molar-refractivity contribution in [1.29, 1.82) is 0 Å². The number of hydrogen-bond donors (Lipinski definition) is 2. The Morgan fingerprint density at radius 3 is 2.59 bits per heavy atom. The van der Waals surface area contributed by atoms with Gasteiger partial charge in [0, 0.05) is 50.7 Å². The van der Waals surface area contributed by atoms with Gasteiger partial charge in [-0.2, -0.15) is 0 Å². The SMILES string of the molecule is O=C(c1cc2ccc(N3CCN(C4CCCC4)CC3)nc2[nH]1)N1CCCC(O)C1. The average molecular weight is 398 g/mol. The Kier molecular flexibility index (Phi) is 5.18. The second kappa shape index (κ2) is 7.95. The lowest BCUT2D eigenvalue weighted by Gasteiger charge is -2.38. The molecule has 2 saturated heterocycles. The molecule has 0 bridgehead atoms. The number of carbonyl (C=O) groups is 1. The average Bonchev–Trinajstić information content (AvgIpc) is 3.43. The molecule has 3 fully saturated rings. The molecule has 156 valence electrons. The quantitative estimate of drug-likeness (QED) is 0.831. The number of anilines is 1. The van der Waals surface area contributed by atoms with E-state index in [0.29, 0.717) is 18.8 Å². The van der Waals surface area contributed by atoms with Crippen molar-refractivity contribution >= 4 is 22.8 Å². The number of fused-ring (bicyclic) bond motifs is 1. The molecule has 29 heavy (non-hydrogen) atoms. The Labute approximate surface area is 171 Å². The number of aliphatic hydroxyl groups excluding tert-OH is 1. The zero-order chi connectivity index (χ0) is 19.8. The van der Waals surface area contributed by atoms with Gasteiger partial charge in [0.2, 0.25) is 0 Å². The normalized spacial score (nSPS) is 24.5. The third-order valence-electron chi connectivity index (χ3n) is 6.86. The van der Waals surface area contributed by atoms with Crippen LogP contribution in [0.25, 0.3) is 11.0 Å². The lowest BCUT2D eigenvalue weighted by Crippen LogP contribution is -2.49. The van der Waals surface area contributed by atoms with Crippen LogP contribution in [0.3, 0.4) is 0 Å². The highest BCUT2D eigenvalue weighted by atomic mass is 16.3. The van der Waals surface area contributed by atoms with Crippen molar-refractivity contribution < 1.29 is 9.90 Å². The monoisotopic (exact) mass is 397 g/mol. The molecule has 0 spiro atoms. The first-order valence-electron chi connectivity index (χ1n) is 11.1. The topological polar surface area (TPSA) is 75.7 Å². The fraction of sp³-hybridized carbons (Fsp3) is 0.636. The van der Waals surface area contributed by atoms with E-state index in [1.165, 1.54) is 25.7 Å². The Morgan fingerprint density at radius 1 is 1.03 bits per heavy atom. The molecule has 1 atom stereocenters. The number of H-pyrrole nitrogens is 1. The highest BCUT2D eigenvalue weighted by Crippen LogP contribution is 2.26. The maximum Gasteiger partial charge on any atom is 0.270 e. The molecule has 7 heteroatoms. The fourth-order valence-electron chi connectivity index (χ4n) is 5.18. The molecule has 3 aliphatic rings. The lowest BCUT2D eigenvalue weighted by molar-refractivity contribution is 0.0470. The first-order chi connectivity index (χ1) is 14.2. The summed E-state index contributed by atoms with van der Waals surface area (Å²) in [4.78, 5) is 27.6. The summed E-state index contributed by atoms with van der Waals surface area (Å²) >= 11 is 0. The van der Waals surface area contributed by atoms with E-state index >= 15 is 0 Å². The third-order valence-corrected chi connectivity index (χ3v) is 6.86. The van der Waals surface area contributed by atoms with E-state index in [9.17, 15) is 9.90 Å². The molecule has 2 aromatic heterocycles. The van der Waals surface area contributed by atoms with Crippen LogP contribution in [0.4, 0.5) is 5.82 Å². The zero-order valence-electron chi connectivity index (χ0n) is 17.0. The van der Waals surface area contributed by atoms with Crippen molar-refractivity contribution in [3.8, 4) is 0 Å². The number of aromatic nitrogens is 2. The van der Waals surface area contributed by atoms with Crippen LogP contribution in [-0.2, 0) is 0 Å². The van der Waals surface area contributed by atoms with Crippen LogP contribution in [0, 0.1) is 0 Å². The van der Waals surface area contributed by atoms with Crippen molar-refractivity contribution in [3.63, 3.8) is 0 Å². The van der Waals surface area contributed by atoms with Gasteiger partial charge in [-0.1, -0.05) is 12.8 Å². The number of piperazine rings is 1. The summed E-state index contributed by atoms with van der Waals surface area (Å²) in [5.74, 6) is 0.936. The number of amides is 1. The van der Waals surface area contributed by atoms with Crippen LogP contribution in [0.5, 0.6) is 0 Å². The van der Waals surface area contributed by atoms with Gasteiger partial charge < -0.3 is 19.9 Å². The molecule has 4 heterocycles. The summed E-state index contributed by atoms with van der Waals surface area (Å²) in [5.41, 5.74) is 1.33. The molecule has 2 N–H and O–H groups in total. The number of aliphatic hydroxyl groups is 1. The minimum absolute atomic E-state index is 0.0477. The smallest absolute Gasteiger partial charge is 0.270 e. The van der Waals surface area contributed by atoms with E-state index in [1.54, 1.807) is 4.90 Å². The van der Waals surface area contributed by atoms with Crippen LogP contribution in [0.2, 0.25) is 0 Å². The van der Waals surface area contributed by atoms with Crippen molar-refractivity contribution in [1.82, 2.24) is 19.8 Å². The summed E-state index contributed by atoms with van der Waals surface area (Å²) in [6.45, 7) is 5.35. The summed E-state index contributed by atoms with van der Waals surface area (Å²) in [6, 6.07) is 6.80. The minimum atomic E-state index is -0.412. The molecule has 1 saturated carbocycles. The molecule has 0 radical (unpaired) electrons. The van der Waals surface area contributed by atoms with Crippen molar-refractivity contribution in [2.75, 3.05) is 44.2 Å². The predicted octanol–water partition coefficient (Wildman–Crippen LogP) is 2.22. The maximum absolute atomic E-state index is 12.8. The van der Waals surface area contributed by atoms with Gasteiger partial charge in [-0.15, -0.1) is 0 Å². The molecule has 1 unspecified atom stereocenters. The van der Waals surface area contributed by atoms with Crippen LogP contribution in [0.1, 0.15) is 49.0 Å². The minimum Gasteiger partial charge on any atom is -0.391 e. The Balaban J connectivity index is 1.28. The molecule has 2 aliphatic heterocycles. The second-order valence-electron chi connectivity index (χ2n) is 8.80. The van der Waals surface area contributed by atoms with Gasteiger partial charge in [0.15, 0.2) is 0 Å². The van der Waals surface area contributed by atoms with Gasteiger partial charge in [0.05, 0.1) is 6.10 Å². The number of β-amino-alcohol motifs (C(OH)–C–C–N with tert-alkyl or cyclic N) is 1. The molecule has 1 aliphatic carbocycles. The Bertz CT molecular complexity index is 867. The molecular weight excluding hydrogens is 366 g/mol. The number of pyridine rings is 1. The fourth-order valence-corrected chi connectivity index (χ4v) is 5.18. The summed E-state index contributed by atoms with van der Waals surface area (Å²) in [7, 11) is 0. The van der Waals surface area contributed by atoms with E-state index in [-0.39, 0.29) is 5.91 Å². The van der Waals surface area contributed by atoms with Gasteiger partial charge in [-0.05, 0) is 43.9 Å². The van der Waals surface area contributed by atoms with Crippen LogP contribution in [0.15, 0.2) is 18.2 Å². The van der Waals surface area contributed by atoms with Gasteiger partial charge in [-0.3, -0.25) is 9.69 Å². The molecular formula is C22H31N5O2. The number of likely N-dealkylation sites (tertiary alicyclic amines) is 1.